The number of benzene rings is 1. The molecule has 2 fully saturated rings. The summed E-state index contributed by atoms with van der Waals surface area (Å²) in [5, 5.41) is 4.39. The first-order valence-corrected chi connectivity index (χ1v) is 11.5. The Kier molecular flexibility index (Phi) is 6.72. The second kappa shape index (κ2) is 9.65. The van der Waals surface area contributed by atoms with Gasteiger partial charge in [-0.15, -0.1) is 0 Å². The first-order chi connectivity index (χ1) is 14.7. The van der Waals surface area contributed by atoms with Crippen molar-refractivity contribution in [1.82, 2.24) is 19.6 Å². The van der Waals surface area contributed by atoms with Gasteiger partial charge >= 0.3 is 0 Å². The van der Waals surface area contributed by atoms with Crippen molar-refractivity contribution in [2.24, 2.45) is 5.92 Å². The molecule has 1 aromatic heterocycles. The normalized spacial score (nSPS) is 17.8. The number of likely N-dealkylation sites (tertiary alicyclic amines) is 1. The van der Waals surface area contributed by atoms with Crippen LogP contribution in [0.25, 0.3) is 5.69 Å². The zero-order valence-electron chi connectivity index (χ0n) is 18.3. The van der Waals surface area contributed by atoms with E-state index in [1.807, 2.05) is 42.3 Å². The lowest BCUT2D eigenvalue weighted by Crippen LogP contribution is -2.39. The standard InChI is InChI=1S/C24H34N4O2/c1-3-13-27(4-2)24(29)20-16-25-28(18-20)21-7-9-22(10-8-21)30-23-11-14-26(15-12-23)17-19-5-6-19/h7-10,16,18-19,23H,3-6,11-15,17H2,1-2H3. The molecular formula is C24H34N4O2. The summed E-state index contributed by atoms with van der Waals surface area (Å²) in [6.07, 6.45) is 9.77. The lowest BCUT2D eigenvalue weighted by atomic mass is 10.1. The van der Waals surface area contributed by atoms with E-state index >= 15 is 0 Å². The highest BCUT2D eigenvalue weighted by Crippen LogP contribution is 2.31. The van der Waals surface area contributed by atoms with Crippen LogP contribution in [0.15, 0.2) is 36.7 Å². The van der Waals surface area contributed by atoms with E-state index in [-0.39, 0.29) is 5.91 Å². The van der Waals surface area contributed by atoms with Gasteiger partial charge in [-0.3, -0.25) is 4.79 Å². The van der Waals surface area contributed by atoms with Gasteiger partial charge < -0.3 is 14.5 Å². The number of aromatic nitrogens is 2. The topological polar surface area (TPSA) is 50.6 Å². The number of carbonyl (C=O) groups excluding carboxylic acids is 1. The van der Waals surface area contributed by atoms with Gasteiger partial charge in [0.25, 0.3) is 5.91 Å². The van der Waals surface area contributed by atoms with Crippen LogP contribution in [0, 0.1) is 5.92 Å². The average Bonchev–Trinajstić information content (AvgIpc) is 3.45. The van der Waals surface area contributed by atoms with E-state index in [1.165, 1.54) is 19.4 Å². The van der Waals surface area contributed by atoms with Crippen LogP contribution in [0.5, 0.6) is 5.75 Å². The van der Waals surface area contributed by atoms with Crippen molar-refractivity contribution in [2.75, 3.05) is 32.7 Å². The van der Waals surface area contributed by atoms with Gasteiger partial charge in [-0.2, -0.15) is 5.10 Å². The molecule has 2 aromatic rings. The number of carbonyl (C=O) groups is 1. The van der Waals surface area contributed by atoms with Crippen LogP contribution in [-0.4, -0.2) is 64.3 Å². The predicted octanol–water partition coefficient (Wildman–Crippen LogP) is 4.00. The van der Waals surface area contributed by atoms with Crippen LogP contribution >= 0.6 is 0 Å². The minimum Gasteiger partial charge on any atom is -0.490 e. The van der Waals surface area contributed by atoms with E-state index < -0.39 is 0 Å². The second-order valence-corrected chi connectivity index (χ2v) is 8.61. The molecule has 6 nitrogen and oxygen atoms in total. The average molecular weight is 411 g/mol. The minimum atomic E-state index is 0.0404. The third-order valence-corrected chi connectivity index (χ3v) is 6.14. The maximum Gasteiger partial charge on any atom is 0.257 e. The second-order valence-electron chi connectivity index (χ2n) is 8.61. The fourth-order valence-corrected chi connectivity index (χ4v) is 4.18. The van der Waals surface area contributed by atoms with Gasteiger partial charge in [-0.05, 0) is 69.2 Å². The van der Waals surface area contributed by atoms with Gasteiger partial charge in [-0.1, -0.05) is 6.92 Å². The Morgan fingerprint density at radius 1 is 1.13 bits per heavy atom. The first-order valence-electron chi connectivity index (χ1n) is 11.5. The summed E-state index contributed by atoms with van der Waals surface area (Å²) in [5.41, 5.74) is 1.56. The van der Waals surface area contributed by atoms with Gasteiger partial charge in [0.15, 0.2) is 0 Å². The molecule has 1 aliphatic heterocycles. The van der Waals surface area contributed by atoms with Crippen LogP contribution in [0.4, 0.5) is 0 Å². The molecule has 0 unspecified atom stereocenters. The zero-order valence-corrected chi connectivity index (χ0v) is 18.3. The van der Waals surface area contributed by atoms with Crippen LogP contribution < -0.4 is 4.74 Å². The van der Waals surface area contributed by atoms with Gasteiger partial charge in [0.2, 0.25) is 0 Å². The molecule has 1 amide bonds. The summed E-state index contributed by atoms with van der Waals surface area (Å²) in [6.45, 7) is 9.15. The third-order valence-electron chi connectivity index (χ3n) is 6.14. The van der Waals surface area contributed by atoms with E-state index in [0.29, 0.717) is 18.2 Å². The fourth-order valence-electron chi connectivity index (χ4n) is 4.18. The minimum absolute atomic E-state index is 0.0404. The Bertz CT molecular complexity index is 820. The van der Waals surface area contributed by atoms with E-state index in [2.05, 4.69) is 16.9 Å². The third kappa shape index (κ3) is 5.22. The van der Waals surface area contributed by atoms with Crippen molar-refractivity contribution < 1.29 is 9.53 Å². The van der Waals surface area contributed by atoms with Gasteiger partial charge in [0.1, 0.15) is 11.9 Å². The van der Waals surface area contributed by atoms with Crippen molar-refractivity contribution in [3.8, 4) is 11.4 Å². The molecule has 4 rings (SSSR count). The number of piperidine rings is 1. The number of hydrogen-bond donors (Lipinski definition) is 0. The SMILES string of the molecule is CCCN(CC)C(=O)c1cnn(-c2ccc(OC3CCN(CC4CC4)CC3)cc2)c1. The number of amides is 1. The molecule has 0 bridgehead atoms. The van der Waals surface area contributed by atoms with Crippen molar-refractivity contribution in [3.63, 3.8) is 0 Å². The van der Waals surface area contributed by atoms with E-state index in [4.69, 9.17) is 4.74 Å². The zero-order chi connectivity index (χ0) is 20.9. The number of ether oxygens (including phenoxy) is 1. The number of nitrogens with zero attached hydrogens (tertiary/aromatic N) is 4. The summed E-state index contributed by atoms with van der Waals surface area (Å²) in [6, 6.07) is 8.01. The molecule has 1 aromatic carbocycles. The van der Waals surface area contributed by atoms with Crippen molar-refractivity contribution >= 4 is 5.91 Å². The number of rotatable bonds is 9. The molecule has 2 heterocycles. The largest absolute Gasteiger partial charge is 0.490 e. The molecule has 1 aliphatic carbocycles. The van der Waals surface area contributed by atoms with E-state index in [1.54, 1.807) is 10.9 Å². The summed E-state index contributed by atoms with van der Waals surface area (Å²) in [4.78, 5) is 17.1. The molecule has 0 N–H and O–H groups in total. The molecule has 0 spiro atoms. The molecule has 0 radical (unpaired) electrons. The fraction of sp³-hybridized carbons (Fsp3) is 0.583. The highest BCUT2D eigenvalue weighted by molar-refractivity contribution is 5.93. The summed E-state index contributed by atoms with van der Waals surface area (Å²) >= 11 is 0. The lowest BCUT2D eigenvalue weighted by Gasteiger charge is -2.32. The molecule has 162 valence electrons. The van der Waals surface area contributed by atoms with Gasteiger partial charge in [0.05, 0.1) is 17.4 Å². The quantitative estimate of drug-likeness (QED) is 0.627. The maximum absolute atomic E-state index is 12.6. The molecule has 2 aliphatic rings. The van der Waals surface area contributed by atoms with Crippen molar-refractivity contribution in [1.29, 1.82) is 0 Å². The molecule has 6 heteroatoms. The van der Waals surface area contributed by atoms with Crippen LogP contribution in [-0.2, 0) is 0 Å². The van der Waals surface area contributed by atoms with Gasteiger partial charge in [0, 0.05) is 38.9 Å². The molecule has 0 atom stereocenters. The molecular weight excluding hydrogens is 376 g/mol. The van der Waals surface area contributed by atoms with Gasteiger partial charge in [-0.25, -0.2) is 4.68 Å². The van der Waals surface area contributed by atoms with Crippen LogP contribution in [0.3, 0.4) is 0 Å². The highest BCUT2D eigenvalue weighted by atomic mass is 16.5. The molecule has 1 saturated carbocycles. The van der Waals surface area contributed by atoms with Crippen LogP contribution in [0.1, 0.15) is 56.3 Å². The monoisotopic (exact) mass is 410 g/mol. The Labute approximate surface area is 179 Å². The maximum atomic E-state index is 12.6. The molecule has 30 heavy (non-hydrogen) atoms. The summed E-state index contributed by atoms with van der Waals surface area (Å²) in [5.74, 6) is 1.91. The van der Waals surface area contributed by atoms with E-state index in [9.17, 15) is 4.79 Å². The first kappa shape index (κ1) is 20.9. The Morgan fingerprint density at radius 2 is 1.87 bits per heavy atom. The highest BCUT2D eigenvalue weighted by Gasteiger charge is 2.27. The Balaban J connectivity index is 1.31. The summed E-state index contributed by atoms with van der Waals surface area (Å²) in [7, 11) is 0. The van der Waals surface area contributed by atoms with Crippen LogP contribution in [0.2, 0.25) is 0 Å². The molecule has 1 saturated heterocycles. The summed E-state index contributed by atoms with van der Waals surface area (Å²) < 4.78 is 7.97. The Hall–Kier alpha value is -2.34. The smallest absolute Gasteiger partial charge is 0.257 e. The predicted molar refractivity (Wildman–Crippen MR) is 118 cm³/mol. The van der Waals surface area contributed by atoms with Crippen molar-refractivity contribution in [3.05, 3.63) is 42.2 Å². The van der Waals surface area contributed by atoms with E-state index in [0.717, 1.165) is 56.3 Å². The number of hydrogen-bond acceptors (Lipinski definition) is 4. The van der Waals surface area contributed by atoms with Crippen molar-refractivity contribution in [2.45, 2.75) is 52.1 Å². The lowest BCUT2D eigenvalue weighted by molar-refractivity contribution is 0.0764. The Morgan fingerprint density at radius 3 is 2.50 bits per heavy atom.